The Hall–Kier alpha value is -3.04. The minimum atomic E-state index is -3.83. The number of anilines is 3. The van der Waals surface area contributed by atoms with E-state index in [2.05, 4.69) is 10.0 Å². The summed E-state index contributed by atoms with van der Waals surface area (Å²) in [6.45, 7) is 0. The van der Waals surface area contributed by atoms with E-state index < -0.39 is 50.6 Å². The molecule has 3 aromatic carbocycles. The lowest BCUT2D eigenvalue weighted by Crippen LogP contribution is -2.28. The molecule has 0 bridgehead atoms. The molecule has 8 nitrogen and oxygen atoms in total. The third kappa shape index (κ3) is 5.71. The standard InChI is InChI=1S/C21H18F3IN4O4S/c1-29(2)34(31,32)28-12-4-3-5-13(9-12)33-17-10-15(23)19(24)20(18(17)21(26)30)27-16-7-6-11(25)8-14(16)22/h3-10,27-28H,1-2H3,(H2,26,30). The summed E-state index contributed by atoms with van der Waals surface area (Å²) in [5, 5.41) is 2.37. The van der Waals surface area contributed by atoms with Crippen molar-refractivity contribution in [2.24, 2.45) is 5.73 Å². The first-order valence-corrected chi connectivity index (χ1v) is 11.9. The molecule has 34 heavy (non-hydrogen) atoms. The van der Waals surface area contributed by atoms with Crippen LogP contribution in [-0.4, -0.2) is 32.7 Å². The van der Waals surface area contributed by atoms with Gasteiger partial charge < -0.3 is 15.8 Å². The first-order valence-electron chi connectivity index (χ1n) is 9.41. The molecule has 0 aliphatic carbocycles. The highest BCUT2D eigenvalue weighted by atomic mass is 127. The summed E-state index contributed by atoms with van der Waals surface area (Å²) >= 11 is 1.87. The smallest absolute Gasteiger partial charge is 0.301 e. The highest BCUT2D eigenvalue weighted by molar-refractivity contribution is 14.1. The Kier molecular flexibility index (Phi) is 7.57. The molecule has 0 radical (unpaired) electrons. The molecule has 0 aliphatic rings. The molecule has 0 saturated carbocycles. The van der Waals surface area contributed by atoms with Crippen molar-refractivity contribution in [2.45, 2.75) is 0 Å². The van der Waals surface area contributed by atoms with Crippen molar-refractivity contribution in [1.29, 1.82) is 0 Å². The summed E-state index contributed by atoms with van der Waals surface area (Å²) < 4.78 is 76.8. The number of carbonyl (C=O) groups is 1. The van der Waals surface area contributed by atoms with Gasteiger partial charge >= 0.3 is 10.2 Å². The number of hydrogen-bond acceptors (Lipinski definition) is 5. The number of primary amides is 1. The minimum absolute atomic E-state index is 0.0149. The lowest BCUT2D eigenvalue weighted by molar-refractivity contribution is 0.0998. The minimum Gasteiger partial charge on any atom is -0.456 e. The molecule has 4 N–H and O–H groups in total. The first-order chi connectivity index (χ1) is 15.9. The molecule has 0 fully saturated rings. The van der Waals surface area contributed by atoms with E-state index in [4.69, 9.17) is 10.5 Å². The number of benzene rings is 3. The average molecular weight is 606 g/mol. The summed E-state index contributed by atoms with van der Waals surface area (Å²) in [7, 11) is -1.17. The maximum absolute atomic E-state index is 14.7. The Morgan fingerprint density at radius 1 is 1.06 bits per heavy atom. The highest BCUT2D eigenvalue weighted by Gasteiger charge is 2.25. The molecule has 13 heteroatoms. The molecule has 0 saturated heterocycles. The number of amides is 1. The van der Waals surface area contributed by atoms with Crippen molar-refractivity contribution >= 4 is 55.8 Å². The van der Waals surface area contributed by atoms with Crippen molar-refractivity contribution in [3.63, 3.8) is 0 Å². The Bertz CT molecular complexity index is 1370. The van der Waals surface area contributed by atoms with Crippen LogP contribution in [0.25, 0.3) is 0 Å². The molecule has 0 spiro atoms. The summed E-state index contributed by atoms with van der Waals surface area (Å²) in [4.78, 5) is 12.2. The van der Waals surface area contributed by atoms with Crippen LogP contribution < -0.4 is 20.5 Å². The van der Waals surface area contributed by atoms with Crippen LogP contribution in [0.4, 0.5) is 30.2 Å². The van der Waals surface area contributed by atoms with E-state index in [9.17, 15) is 26.4 Å². The van der Waals surface area contributed by atoms with Gasteiger partial charge in [0.1, 0.15) is 22.9 Å². The molecule has 0 unspecified atom stereocenters. The van der Waals surface area contributed by atoms with Crippen molar-refractivity contribution in [1.82, 2.24) is 4.31 Å². The highest BCUT2D eigenvalue weighted by Crippen LogP contribution is 2.37. The van der Waals surface area contributed by atoms with Crippen LogP contribution in [0.3, 0.4) is 0 Å². The van der Waals surface area contributed by atoms with Gasteiger partial charge in [0.15, 0.2) is 11.6 Å². The van der Waals surface area contributed by atoms with Gasteiger partial charge in [0.2, 0.25) is 0 Å². The van der Waals surface area contributed by atoms with Crippen LogP contribution in [0.5, 0.6) is 11.5 Å². The van der Waals surface area contributed by atoms with Crippen molar-refractivity contribution in [3.8, 4) is 11.5 Å². The second-order valence-corrected chi connectivity index (χ2v) is 10.2. The Labute approximate surface area is 207 Å². The lowest BCUT2D eigenvalue weighted by Gasteiger charge is -2.17. The van der Waals surface area contributed by atoms with Crippen LogP contribution in [0.1, 0.15) is 10.4 Å². The monoisotopic (exact) mass is 606 g/mol. The predicted octanol–water partition coefficient (Wildman–Crippen LogP) is 4.56. The number of hydrogen-bond donors (Lipinski definition) is 3. The van der Waals surface area contributed by atoms with E-state index in [0.29, 0.717) is 9.64 Å². The van der Waals surface area contributed by atoms with Crippen LogP contribution in [0.15, 0.2) is 48.5 Å². The zero-order chi connectivity index (χ0) is 25.2. The van der Waals surface area contributed by atoms with Gasteiger partial charge in [0.05, 0.1) is 17.1 Å². The number of nitrogens with one attached hydrogen (secondary N) is 2. The molecule has 0 aliphatic heterocycles. The molecule has 180 valence electrons. The van der Waals surface area contributed by atoms with Crippen LogP contribution >= 0.6 is 22.6 Å². The van der Waals surface area contributed by atoms with Crippen LogP contribution in [0, 0.1) is 21.0 Å². The van der Waals surface area contributed by atoms with Gasteiger partial charge in [-0.25, -0.2) is 13.2 Å². The Morgan fingerprint density at radius 3 is 2.38 bits per heavy atom. The Balaban J connectivity index is 2.04. The summed E-state index contributed by atoms with van der Waals surface area (Å²) in [5.41, 5.74) is 4.00. The molecular weight excluding hydrogens is 588 g/mol. The van der Waals surface area contributed by atoms with E-state index >= 15 is 0 Å². The molecule has 1 amide bonds. The maximum Gasteiger partial charge on any atom is 0.301 e. The molecule has 0 heterocycles. The van der Waals surface area contributed by atoms with E-state index in [1.54, 1.807) is 0 Å². The van der Waals surface area contributed by atoms with Gasteiger partial charge in [0, 0.05) is 29.8 Å². The van der Waals surface area contributed by atoms with E-state index in [-0.39, 0.29) is 17.1 Å². The van der Waals surface area contributed by atoms with E-state index in [1.165, 1.54) is 50.5 Å². The average Bonchev–Trinajstić information content (AvgIpc) is 2.73. The summed E-state index contributed by atoms with van der Waals surface area (Å²) in [6.07, 6.45) is 0. The third-order valence-electron chi connectivity index (χ3n) is 4.41. The first kappa shape index (κ1) is 25.6. The molecular formula is C21H18F3IN4O4S. The fraction of sp³-hybridized carbons (Fsp3) is 0.0952. The van der Waals surface area contributed by atoms with Crippen LogP contribution in [-0.2, 0) is 10.2 Å². The van der Waals surface area contributed by atoms with E-state index in [1.807, 2.05) is 22.6 Å². The molecule has 3 aromatic rings. The van der Waals surface area contributed by atoms with Gasteiger partial charge in [-0.05, 0) is 52.9 Å². The number of halogens is 4. The normalized spacial score (nSPS) is 11.4. The fourth-order valence-corrected chi connectivity index (χ4v) is 3.82. The molecule has 0 aromatic heterocycles. The molecule has 0 atom stereocenters. The van der Waals surface area contributed by atoms with Crippen molar-refractivity contribution in [3.05, 3.63) is 75.1 Å². The SMILES string of the molecule is CN(C)S(=O)(=O)Nc1cccc(Oc2cc(F)c(F)c(Nc3ccc(I)cc3F)c2C(N)=O)c1. The van der Waals surface area contributed by atoms with Gasteiger partial charge in [-0.3, -0.25) is 9.52 Å². The zero-order valence-corrected chi connectivity index (χ0v) is 20.7. The topological polar surface area (TPSA) is 114 Å². The van der Waals surface area contributed by atoms with Gasteiger partial charge in [-0.15, -0.1) is 0 Å². The largest absolute Gasteiger partial charge is 0.456 e. The zero-order valence-electron chi connectivity index (χ0n) is 17.7. The second-order valence-electron chi connectivity index (χ2n) is 7.05. The van der Waals surface area contributed by atoms with Gasteiger partial charge in [-0.1, -0.05) is 6.07 Å². The third-order valence-corrected chi connectivity index (χ3v) is 6.54. The number of nitrogens with two attached hydrogens (primary N) is 1. The maximum atomic E-state index is 14.7. The van der Waals surface area contributed by atoms with E-state index in [0.717, 1.165) is 10.4 Å². The summed E-state index contributed by atoms with van der Waals surface area (Å²) in [5.74, 6) is -5.28. The number of nitrogens with zero attached hydrogens (tertiary/aromatic N) is 1. The number of carbonyl (C=O) groups excluding carboxylic acids is 1. The quantitative estimate of drug-likeness (QED) is 0.326. The van der Waals surface area contributed by atoms with Crippen molar-refractivity contribution < 1.29 is 31.1 Å². The Morgan fingerprint density at radius 2 is 1.76 bits per heavy atom. The lowest BCUT2D eigenvalue weighted by atomic mass is 10.1. The molecule has 3 rings (SSSR count). The van der Waals surface area contributed by atoms with Crippen LogP contribution in [0.2, 0.25) is 0 Å². The van der Waals surface area contributed by atoms with Gasteiger partial charge in [-0.2, -0.15) is 12.7 Å². The van der Waals surface area contributed by atoms with Crippen molar-refractivity contribution in [2.75, 3.05) is 24.1 Å². The summed E-state index contributed by atoms with van der Waals surface area (Å²) in [6, 6.07) is 10.1. The number of rotatable bonds is 8. The number of ether oxygens (including phenoxy) is 1. The van der Waals surface area contributed by atoms with Gasteiger partial charge in [0.25, 0.3) is 5.91 Å². The predicted molar refractivity (Wildman–Crippen MR) is 130 cm³/mol. The fourth-order valence-electron chi connectivity index (χ4n) is 2.76. The second kappa shape index (κ2) is 10.1.